The number of likely N-dealkylation sites (N-methyl/N-ethyl adjacent to an activating group) is 1. The van der Waals surface area contributed by atoms with Gasteiger partial charge in [0.15, 0.2) is 0 Å². The summed E-state index contributed by atoms with van der Waals surface area (Å²) < 4.78 is 4.81. The lowest BCUT2D eigenvalue weighted by Gasteiger charge is -2.17. The summed E-state index contributed by atoms with van der Waals surface area (Å²) in [4.78, 5) is 23.5. The zero-order chi connectivity index (χ0) is 14.3. The lowest BCUT2D eigenvalue weighted by Crippen LogP contribution is -2.48. The number of hydrogen-bond acceptors (Lipinski definition) is 4. The maximum absolute atomic E-state index is 11.8. The Kier molecular flexibility index (Phi) is 8.67. The number of rotatable bonds is 7. The second-order valence-corrected chi connectivity index (χ2v) is 4.41. The number of hydrogen-bond donors (Lipinski definition) is 3. The van der Waals surface area contributed by atoms with Gasteiger partial charge < -0.3 is 20.4 Å². The molecule has 114 valence electrons. The van der Waals surface area contributed by atoms with Crippen LogP contribution in [0.15, 0.2) is 23.0 Å². The fourth-order valence-electron chi connectivity index (χ4n) is 1.57. The first kappa shape index (κ1) is 18.5. The fraction of sp³-hybridized carbons (Fsp3) is 0.538. The topological polar surface area (TPSA) is 83.4 Å². The van der Waals surface area contributed by atoms with Gasteiger partial charge in [-0.2, -0.15) is 0 Å². The maximum atomic E-state index is 11.8. The van der Waals surface area contributed by atoms with Crippen LogP contribution in [0.2, 0.25) is 0 Å². The molecule has 0 aliphatic heterocycles. The van der Waals surface area contributed by atoms with E-state index in [9.17, 15) is 9.59 Å². The summed E-state index contributed by atoms with van der Waals surface area (Å²) in [6, 6.07) is 1.16. The van der Waals surface area contributed by atoms with E-state index in [1.54, 1.807) is 13.0 Å². The third kappa shape index (κ3) is 6.08. The number of carbonyl (C=O) groups excluding carboxylic acids is 2. The lowest BCUT2D eigenvalue weighted by atomic mass is 10.2. The van der Waals surface area contributed by atoms with Crippen LogP contribution >= 0.6 is 12.4 Å². The van der Waals surface area contributed by atoms with Crippen molar-refractivity contribution in [3.63, 3.8) is 0 Å². The van der Waals surface area contributed by atoms with Gasteiger partial charge >= 0.3 is 0 Å². The van der Waals surface area contributed by atoms with E-state index in [1.807, 2.05) is 13.8 Å². The predicted molar refractivity (Wildman–Crippen MR) is 79.0 cm³/mol. The summed E-state index contributed by atoms with van der Waals surface area (Å²) in [6.45, 7) is 7.01. The molecule has 3 N–H and O–H groups in total. The van der Waals surface area contributed by atoms with E-state index in [-0.39, 0.29) is 30.3 Å². The minimum absolute atomic E-state index is 0. The van der Waals surface area contributed by atoms with Gasteiger partial charge in [0.25, 0.3) is 5.91 Å². The van der Waals surface area contributed by atoms with Crippen molar-refractivity contribution < 1.29 is 14.0 Å². The number of carbonyl (C=O) groups is 2. The standard InChI is InChI=1S/C13H21N3O3.ClH/c1-4-14-9(2)7-15-12(17)10(3)16-13(18)11-5-6-19-8-11;/h5-6,8-10,14H,4,7H2,1-3H3,(H,15,17)(H,16,18);1H/t9-,10?;/m1./s1. The highest BCUT2D eigenvalue weighted by atomic mass is 35.5. The zero-order valence-electron chi connectivity index (χ0n) is 11.9. The van der Waals surface area contributed by atoms with Crippen molar-refractivity contribution >= 4 is 24.2 Å². The molecule has 7 heteroatoms. The van der Waals surface area contributed by atoms with Crippen molar-refractivity contribution in [3.8, 4) is 0 Å². The van der Waals surface area contributed by atoms with Gasteiger partial charge in [0.2, 0.25) is 5.91 Å². The molecule has 1 unspecified atom stereocenters. The highest BCUT2D eigenvalue weighted by Crippen LogP contribution is 1.99. The molecule has 0 bridgehead atoms. The van der Waals surface area contributed by atoms with Crippen molar-refractivity contribution in [1.29, 1.82) is 0 Å². The van der Waals surface area contributed by atoms with E-state index in [4.69, 9.17) is 4.42 Å². The third-order valence-corrected chi connectivity index (χ3v) is 2.66. The van der Waals surface area contributed by atoms with Crippen LogP contribution < -0.4 is 16.0 Å². The average molecular weight is 304 g/mol. The van der Waals surface area contributed by atoms with Crippen LogP contribution in [0.1, 0.15) is 31.1 Å². The first-order valence-corrected chi connectivity index (χ1v) is 6.38. The molecule has 1 rings (SSSR count). The Labute approximate surface area is 125 Å². The Balaban J connectivity index is 0.00000361. The number of furan rings is 1. The smallest absolute Gasteiger partial charge is 0.255 e. The second-order valence-electron chi connectivity index (χ2n) is 4.41. The summed E-state index contributed by atoms with van der Waals surface area (Å²) in [5.74, 6) is -0.530. The summed E-state index contributed by atoms with van der Waals surface area (Å²) in [6.07, 6.45) is 2.75. The van der Waals surface area contributed by atoms with Crippen LogP contribution in [-0.2, 0) is 4.79 Å². The molecule has 1 aromatic heterocycles. The van der Waals surface area contributed by atoms with E-state index in [0.29, 0.717) is 12.1 Å². The predicted octanol–water partition coefficient (Wildman–Crippen LogP) is 0.934. The Morgan fingerprint density at radius 2 is 2.05 bits per heavy atom. The number of halogens is 1. The molecule has 1 heterocycles. The molecular formula is C13H22ClN3O3. The van der Waals surface area contributed by atoms with E-state index >= 15 is 0 Å². The van der Waals surface area contributed by atoms with Crippen molar-refractivity contribution in [2.45, 2.75) is 32.9 Å². The molecular weight excluding hydrogens is 282 g/mol. The van der Waals surface area contributed by atoms with Gasteiger partial charge in [0.05, 0.1) is 11.8 Å². The minimum atomic E-state index is -0.587. The van der Waals surface area contributed by atoms with Gasteiger partial charge in [0, 0.05) is 12.6 Å². The van der Waals surface area contributed by atoms with Crippen LogP contribution in [0, 0.1) is 0 Å². The van der Waals surface area contributed by atoms with Gasteiger partial charge in [-0.3, -0.25) is 9.59 Å². The van der Waals surface area contributed by atoms with Crippen molar-refractivity contribution in [2.75, 3.05) is 13.1 Å². The molecule has 1 aromatic rings. The normalized spacial score (nSPS) is 12.9. The van der Waals surface area contributed by atoms with Gasteiger partial charge in [-0.1, -0.05) is 6.92 Å². The lowest BCUT2D eigenvalue weighted by molar-refractivity contribution is -0.122. The van der Waals surface area contributed by atoms with Crippen LogP contribution in [0.5, 0.6) is 0 Å². The number of amides is 2. The molecule has 0 aromatic carbocycles. The second kappa shape index (κ2) is 9.39. The van der Waals surface area contributed by atoms with Crippen LogP contribution in [0.3, 0.4) is 0 Å². The Bertz CT molecular complexity index is 409. The van der Waals surface area contributed by atoms with Gasteiger partial charge in [-0.25, -0.2) is 0 Å². The molecule has 0 aliphatic rings. The van der Waals surface area contributed by atoms with Crippen LogP contribution in [0.25, 0.3) is 0 Å². The highest BCUT2D eigenvalue weighted by molar-refractivity contribution is 5.97. The van der Waals surface area contributed by atoms with E-state index in [0.717, 1.165) is 6.54 Å². The molecule has 20 heavy (non-hydrogen) atoms. The van der Waals surface area contributed by atoms with Gasteiger partial charge in [0.1, 0.15) is 12.3 Å². The van der Waals surface area contributed by atoms with Crippen molar-refractivity contribution in [2.24, 2.45) is 0 Å². The Morgan fingerprint density at radius 3 is 2.60 bits per heavy atom. The molecule has 0 fully saturated rings. The zero-order valence-corrected chi connectivity index (χ0v) is 12.8. The molecule has 6 nitrogen and oxygen atoms in total. The average Bonchev–Trinajstić information content (AvgIpc) is 2.90. The Morgan fingerprint density at radius 1 is 1.35 bits per heavy atom. The first-order valence-electron chi connectivity index (χ1n) is 6.38. The molecule has 0 saturated carbocycles. The first-order chi connectivity index (χ1) is 9.04. The van der Waals surface area contributed by atoms with Crippen molar-refractivity contribution in [1.82, 2.24) is 16.0 Å². The van der Waals surface area contributed by atoms with Gasteiger partial charge in [-0.15, -0.1) is 12.4 Å². The Hall–Kier alpha value is -1.53. The summed E-state index contributed by atoms with van der Waals surface area (Å²) in [5, 5.41) is 8.57. The molecule has 0 saturated heterocycles. The van der Waals surface area contributed by atoms with E-state index in [2.05, 4.69) is 16.0 Å². The maximum Gasteiger partial charge on any atom is 0.255 e. The summed E-state index contributed by atoms with van der Waals surface area (Å²) in [7, 11) is 0. The largest absolute Gasteiger partial charge is 0.472 e. The number of nitrogens with one attached hydrogen (secondary N) is 3. The molecule has 0 radical (unpaired) electrons. The van der Waals surface area contributed by atoms with Crippen LogP contribution in [-0.4, -0.2) is 37.0 Å². The van der Waals surface area contributed by atoms with Crippen LogP contribution in [0.4, 0.5) is 0 Å². The molecule has 2 atom stereocenters. The SMILES string of the molecule is CCN[C@H](C)CNC(=O)C(C)NC(=O)c1ccoc1.Cl. The summed E-state index contributed by atoms with van der Waals surface area (Å²) in [5.41, 5.74) is 0.403. The van der Waals surface area contributed by atoms with Crippen molar-refractivity contribution in [3.05, 3.63) is 24.2 Å². The van der Waals surface area contributed by atoms with Gasteiger partial charge in [-0.05, 0) is 26.5 Å². The fourth-order valence-corrected chi connectivity index (χ4v) is 1.57. The monoisotopic (exact) mass is 303 g/mol. The molecule has 2 amide bonds. The molecule has 0 aliphatic carbocycles. The summed E-state index contributed by atoms with van der Waals surface area (Å²) >= 11 is 0. The highest BCUT2D eigenvalue weighted by Gasteiger charge is 2.17. The van der Waals surface area contributed by atoms with E-state index < -0.39 is 6.04 Å². The third-order valence-electron chi connectivity index (χ3n) is 2.66. The quantitative estimate of drug-likeness (QED) is 0.700. The minimum Gasteiger partial charge on any atom is -0.472 e. The molecule has 0 spiro atoms. The van der Waals surface area contributed by atoms with E-state index in [1.165, 1.54) is 12.5 Å².